The molecule has 16 heavy (non-hydrogen) atoms. The zero-order chi connectivity index (χ0) is 11.0. The van der Waals surface area contributed by atoms with Gasteiger partial charge in [-0.25, -0.2) is 4.98 Å². The van der Waals surface area contributed by atoms with E-state index in [1.54, 1.807) is 0 Å². The fourth-order valence-corrected chi connectivity index (χ4v) is 2.31. The summed E-state index contributed by atoms with van der Waals surface area (Å²) in [4.78, 5) is 4.65. The molecule has 0 bridgehead atoms. The van der Waals surface area contributed by atoms with Crippen molar-refractivity contribution in [2.75, 3.05) is 6.54 Å². The smallest absolute Gasteiger partial charge is 0.213 e. The van der Waals surface area contributed by atoms with Crippen LogP contribution in [0.2, 0.25) is 0 Å². The maximum atomic E-state index is 5.83. The third kappa shape index (κ3) is 1.80. The Morgan fingerprint density at radius 3 is 3.00 bits per heavy atom. The summed E-state index contributed by atoms with van der Waals surface area (Å²) in [6.07, 6.45) is 4.10. The summed E-state index contributed by atoms with van der Waals surface area (Å²) in [7, 11) is 0. The second kappa shape index (κ2) is 4.06. The maximum absolute atomic E-state index is 5.83. The molecular weight excluding hydrogens is 200 g/mol. The van der Waals surface area contributed by atoms with Crippen LogP contribution in [0.4, 0.5) is 0 Å². The normalized spacial score (nSPS) is 24.7. The number of nitrogens with zero attached hydrogens (tertiary/aromatic N) is 1. The number of aromatic nitrogens is 1. The number of hydrogen-bond donors (Lipinski definition) is 1. The lowest BCUT2D eigenvalue weighted by Gasteiger charge is -2.27. The van der Waals surface area contributed by atoms with Crippen LogP contribution in [-0.2, 0) is 6.54 Å². The summed E-state index contributed by atoms with van der Waals surface area (Å²) >= 11 is 0. The number of pyridine rings is 1. The van der Waals surface area contributed by atoms with Gasteiger partial charge in [0.05, 0.1) is 5.69 Å². The van der Waals surface area contributed by atoms with E-state index in [1.165, 1.54) is 30.5 Å². The van der Waals surface area contributed by atoms with E-state index in [0.29, 0.717) is 12.0 Å². The Kier molecular flexibility index (Phi) is 2.56. The molecule has 2 aliphatic rings. The van der Waals surface area contributed by atoms with Crippen molar-refractivity contribution in [2.24, 2.45) is 0 Å². The second-order valence-electron chi connectivity index (χ2n) is 4.90. The van der Waals surface area contributed by atoms with Crippen molar-refractivity contribution in [3.8, 4) is 5.88 Å². The van der Waals surface area contributed by atoms with Gasteiger partial charge in [0, 0.05) is 25.1 Å². The number of ether oxygens (including phenoxy) is 1. The van der Waals surface area contributed by atoms with Gasteiger partial charge in [0.15, 0.2) is 0 Å². The van der Waals surface area contributed by atoms with Crippen LogP contribution in [-0.4, -0.2) is 17.6 Å². The van der Waals surface area contributed by atoms with E-state index in [2.05, 4.69) is 23.3 Å². The molecule has 1 unspecified atom stereocenters. The van der Waals surface area contributed by atoms with Gasteiger partial charge in [-0.2, -0.15) is 0 Å². The molecule has 0 radical (unpaired) electrons. The molecule has 1 aliphatic heterocycles. The highest BCUT2D eigenvalue weighted by Gasteiger charge is 2.22. The molecule has 1 atom stereocenters. The van der Waals surface area contributed by atoms with E-state index in [9.17, 15) is 0 Å². The summed E-state index contributed by atoms with van der Waals surface area (Å²) in [5.74, 6) is 1.31. The fraction of sp³-hybridized carbons (Fsp3) is 0.615. The first-order valence-electron chi connectivity index (χ1n) is 6.20. The Morgan fingerprint density at radius 2 is 2.25 bits per heavy atom. The van der Waals surface area contributed by atoms with Gasteiger partial charge >= 0.3 is 0 Å². The lowest BCUT2D eigenvalue weighted by molar-refractivity contribution is 0.114. The Labute approximate surface area is 96.2 Å². The van der Waals surface area contributed by atoms with E-state index in [4.69, 9.17) is 4.74 Å². The number of rotatable bonds is 2. The molecule has 1 saturated carbocycles. The van der Waals surface area contributed by atoms with Crippen molar-refractivity contribution in [1.82, 2.24) is 10.3 Å². The van der Waals surface area contributed by atoms with Gasteiger partial charge in [-0.3, -0.25) is 0 Å². The van der Waals surface area contributed by atoms with E-state index in [-0.39, 0.29) is 0 Å². The molecule has 1 fully saturated rings. The molecule has 86 valence electrons. The van der Waals surface area contributed by atoms with Crippen molar-refractivity contribution >= 4 is 0 Å². The van der Waals surface area contributed by atoms with Gasteiger partial charge in [-0.1, -0.05) is 13.0 Å². The summed E-state index contributed by atoms with van der Waals surface area (Å²) in [6, 6.07) is 4.16. The summed E-state index contributed by atoms with van der Waals surface area (Å²) in [6.45, 7) is 4.17. The lowest BCUT2D eigenvalue weighted by Crippen LogP contribution is -2.29. The van der Waals surface area contributed by atoms with Crippen molar-refractivity contribution in [1.29, 1.82) is 0 Å². The quantitative estimate of drug-likeness (QED) is 0.826. The zero-order valence-electron chi connectivity index (χ0n) is 9.70. The number of fused-ring (bicyclic) bond motifs is 1. The minimum Gasteiger partial charge on any atom is -0.474 e. The van der Waals surface area contributed by atoms with Gasteiger partial charge in [-0.15, -0.1) is 0 Å². The number of hydrogen-bond acceptors (Lipinski definition) is 3. The predicted molar refractivity (Wildman–Crippen MR) is 62.6 cm³/mol. The van der Waals surface area contributed by atoms with Crippen LogP contribution in [0.25, 0.3) is 0 Å². The lowest BCUT2D eigenvalue weighted by atomic mass is 9.96. The Bertz CT molecular complexity index is 388. The molecule has 0 amide bonds. The first kappa shape index (κ1) is 10.1. The van der Waals surface area contributed by atoms with E-state index < -0.39 is 0 Å². The molecule has 0 saturated heterocycles. The molecule has 3 heteroatoms. The molecule has 3 rings (SSSR count). The van der Waals surface area contributed by atoms with Gasteiger partial charge in [0.25, 0.3) is 0 Å². The van der Waals surface area contributed by atoms with Crippen LogP contribution in [0.3, 0.4) is 0 Å². The maximum Gasteiger partial charge on any atom is 0.213 e. The fourth-order valence-electron chi connectivity index (χ4n) is 2.31. The van der Waals surface area contributed by atoms with E-state index in [1.807, 2.05) is 6.07 Å². The van der Waals surface area contributed by atoms with Crippen molar-refractivity contribution in [3.05, 3.63) is 23.4 Å². The minimum atomic E-state index is 0.419. The highest BCUT2D eigenvalue weighted by Crippen LogP contribution is 2.27. The van der Waals surface area contributed by atoms with Crippen molar-refractivity contribution < 1.29 is 4.74 Å². The molecular formula is C13H18N2O. The standard InChI is InChI=1S/C13H18N2O/c1-9-7-14-8-10-5-6-12(15-13(9)10)16-11-3-2-4-11/h5-6,9,11,14H,2-4,7-8H2,1H3. The highest BCUT2D eigenvalue weighted by atomic mass is 16.5. The molecule has 1 aliphatic carbocycles. The molecule has 1 N–H and O–H groups in total. The summed E-state index contributed by atoms with van der Waals surface area (Å²) < 4.78 is 5.83. The molecule has 0 aromatic carbocycles. The van der Waals surface area contributed by atoms with Crippen LogP contribution in [0.1, 0.15) is 43.4 Å². The largest absolute Gasteiger partial charge is 0.474 e. The topological polar surface area (TPSA) is 34.1 Å². The second-order valence-corrected chi connectivity index (χ2v) is 4.90. The SMILES string of the molecule is CC1CNCc2ccc(OC3CCC3)nc21. The van der Waals surface area contributed by atoms with Crippen LogP contribution < -0.4 is 10.1 Å². The van der Waals surface area contributed by atoms with E-state index >= 15 is 0 Å². The minimum absolute atomic E-state index is 0.419. The van der Waals surface area contributed by atoms with E-state index in [0.717, 1.165) is 19.0 Å². The summed E-state index contributed by atoms with van der Waals surface area (Å²) in [5.41, 5.74) is 2.54. The summed E-state index contributed by atoms with van der Waals surface area (Å²) in [5, 5.41) is 3.39. The van der Waals surface area contributed by atoms with Gasteiger partial charge in [0.2, 0.25) is 5.88 Å². The van der Waals surface area contributed by atoms with Gasteiger partial charge < -0.3 is 10.1 Å². The Balaban J connectivity index is 1.82. The Morgan fingerprint density at radius 1 is 1.38 bits per heavy atom. The zero-order valence-corrected chi connectivity index (χ0v) is 9.70. The molecule has 0 spiro atoms. The number of nitrogens with one attached hydrogen (secondary N) is 1. The van der Waals surface area contributed by atoms with Crippen LogP contribution in [0, 0.1) is 0 Å². The highest BCUT2D eigenvalue weighted by molar-refractivity contribution is 5.30. The molecule has 1 aromatic rings. The first-order valence-corrected chi connectivity index (χ1v) is 6.20. The van der Waals surface area contributed by atoms with Crippen LogP contribution in [0.5, 0.6) is 5.88 Å². The average molecular weight is 218 g/mol. The first-order chi connectivity index (χ1) is 7.83. The molecule has 3 nitrogen and oxygen atoms in total. The molecule has 1 aromatic heterocycles. The van der Waals surface area contributed by atoms with Crippen LogP contribution in [0.15, 0.2) is 12.1 Å². The van der Waals surface area contributed by atoms with Crippen molar-refractivity contribution in [2.45, 2.75) is 44.8 Å². The molecule has 2 heterocycles. The van der Waals surface area contributed by atoms with Gasteiger partial charge in [0.1, 0.15) is 6.10 Å². The third-order valence-corrected chi connectivity index (χ3v) is 3.56. The van der Waals surface area contributed by atoms with Gasteiger partial charge in [-0.05, 0) is 24.8 Å². The average Bonchev–Trinajstić information content (AvgIpc) is 2.24. The van der Waals surface area contributed by atoms with Crippen molar-refractivity contribution in [3.63, 3.8) is 0 Å². The third-order valence-electron chi connectivity index (χ3n) is 3.56. The Hall–Kier alpha value is -1.09. The van der Waals surface area contributed by atoms with Crippen LogP contribution >= 0.6 is 0 Å². The monoisotopic (exact) mass is 218 g/mol. The predicted octanol–water partition coefficient (Wildman–Crippen LogP) is 2.22.